The maximum atomic E-state index is 13.0. The molecule has 1 aliphatic heterocycles. The van der Waals surface area contributed by atoms with Gasteiger partial charge in [0.1, 0.15) is 15.8 Å². The number of hydrogen-bond acceptors (Lipinski definition) is 6. The first-order valence-electron chi connectivity index (χ1n) is 12.2. The first-order valence-corrected chi connectivity index (χ1v) is 13.8. The lowest BCUT2D eigenvalue weighted by Gasteiger charge is -2.30. The van der Waals surface area contributed by atoms with Crippen LogP contribution in [-0.4, -0.2) is 35.0 Å². The highest BCUT2D eigenvalue weighted by atomic mass is 32.1. The summed E-state index contributed by atoms with van der Waals surface area (Å²) in [6.07, 6.45) is 0.957. The van der Waals surface area contributed by atoms with Crippen molar-refractivity contribution in [1.82, 2.24) is 9.88 Å². The van der Waals surface area contributed by atoms with Crippen LogP contribution < -0.4 is 10.1 Å². The molecule has 182 valence electrons. The van der Waals surface area contributed by atoms with Crippen molar-refractivity contribution in [3.8, 4) is 16.3 Å². The summed E-state index contributed by atoms with van der Waals surface area (Å²) in [6.45, 7) is 6.34. The zero-order chi connectivity index (χ0) is 24.6. The van der Waals surface area contributed by atoms with Crippen LogP contribution >= 0.6 is 22.7 Å². The van der Waals surface area contributed by atoms with E-state index in [1.165, 1.54) is 10.4 Å². The van der Waals surface area contributed by atoms with Crippen molar-refractivity contribution in [2.45, 2.75) is 32.9 Å². The third-order valence-corrected chi connectivity index (χ3v) is 8.85. The van der Waals surface area contributed by atoms with Gasteiger partial charge in [-0.15, -0.1) is 22.7 Å². The number of para-hydroxylation sites is 1. The predicted molar refractivity (Wildman–Crippen MR) is 150 cm³/mol. The van der Waals surface area contributed by atoms with Crippen LogP contribution in [-0.2, 0) is 17.8 Å². The van der Waals surface area contributed by atoms with E-state index in [1.807, 2.05) is 54.6 Å². The number of rotatable bonds is 6. The number of thiazole rings is 1. The van der Waals surface area contributed by atoms with Gasteiger partial charge in [-0.05, 0) is 60.9 Å². The van der Waals surface area contributed by atoms with Crippen molar-refractivity contribution < 1.29 is 9.53 Å². The molecule has 0 atom stereocenters. The molecule has 36 heavy (non-hydrogen) atoms. The fraction of sp³-hybridized carbons (Fsp3) is 0.241. The molecule has 7 heteroatoms. The molecule has 0 saturated carbocycles. The number of amides is 1. The number of thiophene rings is 1. The summed E-state index contributed by atoms with van der Waals surface area (Å²) < 4.78 is 7.02. The second kappa shape index (κ2) is 9.65. The standard InChI is InChI=1S/C29H27N3O2S2/c1-18(2)32-14-13-22-25(16-32)36-29(27(22)28-30-23-9-5-6-10-24(23)35-28)31-26(33)17-34-21-12-11-19-7-3-4-8-20(19)15-21/h3-12,15,18H,13-14,16-17H2,1-2H3,(H,31,33). The maximum Gasteiger partial charge on any atom is 0.262 e. The number of nitrogens with zero attached hydrogens (tertiary/aromatic N) is 2. The molecule has 1 N–H and O–H groups in total. The minimum atomic E-state index is -0.162. The second-order valence-corrected chi connectivity index (χ2v) is 11.5. The largest absolute Gasteiger partial charge is 0.484 e. The van der Waals surface area contributed by atoms with Gasteiger partial charge in [0.2, 0.25) is 0 Å². The SMILES string of the molecule is CC(C)N1CCc2c(sc(NC(=O)COc3ccc4ccccc4c3)c2-c2nc3ccccc3s2)C1. The Morgan fingerprint density at radius 3 is 2.69 bits per heavy atom. The van der Waals surface area contributed by atoms with Crippen LogP contribution in [0.25, 0.3) is 31.6 Å². The topological polar surface area (TPSA) is 54.5 Å². The predicted octanol–water partition coefficient (Wildman–Crippen LogP) is 6.96. The average molecular weight is 514 g/mol. The number of nitrogens with one attached hydrogen (secondary N) is 1. The van der Waals surface area contributed by atoms with E-state index in [0.29, 0.717) is 11.8 Å². The lowest BCUT2D eigenvalue weighted by atomic mass is 10.0. The summed E-state index contributed by atoms with van der Waals surface area (Å²) in [7, 11) is 0. The molecule has 3 aromatic carbocycles. The lowest BCUT2D eigenvalue weighted by Crippen LogP contribution is -2.35. The van der Waals surface area contributed by atoms with Crippen LogP contribution in [0.5, 0.6) is 5.75 Å². The Morgan fingerprint density at radius 2 is 1.86 bits per heavy atom. The molecule has 0 spiro atoms. The van der Waals surface area contributed by atoms with Gasteiger partial charge in [-0.1, -0.05) is 42.5 Å². The molecule has 0 fully saturated rings. The van der Waals surface area contributed by atoms with Crippen molar-refractivity contribution in [2.24, 2.45) is 0 Å². The highest BCUT2D eigenvalue weighted by Crippen LogP contribution is 2.45. The first-order chi connectivity index (χ1) is 17.5. The van der Waals surface area contributed by atoms with Crippen LogP contribution in [0.15, 0.2) is 66.7 Å². The van der Waals surface area contributed by atoms with E-state index in [4.69, 9.17) is 9.72 Å². The normalized spacial score (nSPS) is 13.9. The Hall–Kier alpha value is -3.26. The summed E-state index contributed by atoms with van der Waals surface area (Å²) in [5.74, 6) is 0.526. The molecule has 0 aliphatic carbocycles. The molecular weight excluding hydrogens is 486 g/mol. The van der Waals surface area contributed by atoms with E-state index in [2.05, 4.69) is 36.2 Å². The molecule has 3 heterocycles. The van der Waals surface area contributed by atoms with Crippen LogP contribution in [0.1, 0.15) is 24.3 Å². The van der Waals surface area contributed by atoms with E-state index in [-0.39, 0.29) is 12.5 Å². The van der Waals surface area contributed by atoms with Crippen molar-refractivity contribution in [2.75, 3.05) is 18.5 Å². The maximum absolute atomic E-state index is 13.0. The summed E-state index contributed by atoms with van der Waals surface area (Å²) in [5, 5.41) is 7.25. The van der Waals surface area contributed by atoms with Crippen LogP contribution in [0.3, 0.4) is 0 Å². The summed E-state index contributed by atoms with van der Waals surface area (Å²) in [5.41, 5.74) is 3.40. The molecule has 5 nitrogen and oxygen atoms in total. The monoisotopic (exact) mass is 513 g/mol. The van der Waals surface area contributed by atoms with Crippen LogP contribution in [0.4, 0.5) is 5.00 Å². The zero-order valence-electron chi connectivity index (χ0n) is 20.3. The van der Waals surface area contributed by atoms with Gasteiger partial charge in [0.15, 0.2) is 6.61 Å². The number of fused-ring (bicyclic) bond motifs is 3. The van der Waals surface area contributed by atoms with Gasteiger partial charge < -0.3 is 10.1 Å². The Morgan fingerprint density at radius 1 is 1.06 bits per heavy atom. The number of hydrogen-bond donors (Lipinski definition) is 1. The Balaban J connectivity index is 1.27. The number of anilines is 1. The molecule has 1 amide bonds. The number of aromatic nitrogens is 1. The van der Waals surface area contributed by atoms with Crippen molar-refractivity contribution in [1.29, 1.82) is 0 Å². The van der Waals surface area contributed by atoms with Crippen LogP contribution in [0.2, 0.25) is 0 Å². The van der Waals surface area contributed by atoms with Gasteiger partial charge in [-0.2, -0.15) is 0 Å². The van der Waals surface area contributed by atoms with Gasteiger partial charge in [-0.3, -0.25) is 9.69 Å². The van der Waals surface area contributed by atoms with E-state index < -0.39 is 0 Å². The Bertz CT molecular complexity index is 1540. The highest BCUT2D eigenvalue weighted by molar-refractivity contribution is 7.22. The van der Waals surface area contributed by atoms with Gasteiger partial charge >= 0.3 is 0 Å². The number of ether oxygens (including phenoxy) is 1. The van der Waals surface area contributed by atoms with Crippen molar-refractivity contribution in [3.05, 3.63) is 77.2 Å². The van der Waals surface area contributed by atoms with Gasteiger partial charge in [-0.25, -0.2) is 4.98 Å². The highest BCUT2D eigenvalue weighted by Gasteiger charge is 2.28. The summed E-state index contributed by atoms with van der Waals surface area (Å²) in [6, 6.07) is 22.7. The Labute approximate surface area is 218 Å². The zero-order valence-corrected chi connectivity index (χ0v) is 21.9. The second-order valence-electron chi connectivity index (χ2n) is 9.35. The molecule has 2 aromatic heterocycles. The molecule has 0 saturated heterocycles. The number of benzene rings is 3. The average Bonchev–Trinajstić information content (AvgIpc) is 3.47. The molecule has 0 radical (unpaired) electrons. The Kier molecular flexibility index (Phi) is 6.21. The molecule has 0 unspecified atom stereocenters. The molecule has 1 aliphatic rings. The number of carbonyl (C=O) groups is 1. The lowest BCUT2D eigenvalue weighted by molar-refractivity contribution is -0.118. The third-order valence-electron chi connectivity index (χ3n) is 6.67. The number of carbonyl (C=O) groups excluding carboxylic acids is 1. The first kappa shape index (κ1) is 23.2. The third kappa shape index (κ3) is 4.50. The minimum Gasteiger partial charge on any atom is -0.484 e. The van der Waals surface area contributed by atoms with E-state index >= 15 is 0 Å². The smallest absolute Gasteiger partial charge is 0.262 e. The molecular formula is C29H27N3O2S2. The van der Waals surface area contributed by atoms with Gasteiger partial charge in [0.05, 0.1) is 10.2 Å². The fourth-order valence-electron chi connectivity index (χ4n) is 4.73. The quantitative estimate of drug-likeness (QED) is 0.267. The van der Waals surface area contributed by atoms with E-state index in [1.54, 1.807) is 22.7 Å². The minimum absolute atomic E-state index is 0.0433. The van der Waals surface area contributed by atoms with Gasteiger partial charge in [0, 0.05) is 29.6 Å². The van der Waals surface area contributed by atoms with Crippen molar-refractivity contribution in [3.63, 3.8) is 0 Å². The summed E-state index contributed by atoms with van der Waals surface area (Å²) >= 11 is 3.36. The van der Waals surface area contributed by atoms with Gasteiger partial charge in [0.25, 0.3) is 5.91 Å². The molecule has 5 aromatic rings. The fourth-order valence-corrected chi connectivity index (χ4v) is 7.13. The molecule has 6 rings (SSSR count). The van der Waals surface area contributed by atoms with E-state index in [0.717, 1.165) is 56.1 Å². The van der Waals surface area contributed by atoms with Crippen molar-refractivity contribution >= 4 is 54.6 Å². The van der Waals surface area contributed by atoms with Crippen LogP contribution in [0, 0.1) is 0 Å². The molecule has 0 bridgehead atoms. The summed E-state index contributed by atoms with van der Waals surface area (Å²) in [4.78, 5) is 21.8. The van der Waals surface area contributed by atoms with E-state index in [9.17, 15) is 4.79 Å².